The maximum absolute atomic E-state index is 9.61. The quantitative estimate of drug-likeness (QED) is 0.416. The first kappa shape index (κ1) is 21.7. The highest BCUT2D eigenvalue weighted by atomic mass is 32.1. The predicted octanol–water partition coefficient (Wildman–Crippen LogP) is 4.67. The maximum Gasteiger partial charge on any atom is 0.174 e. The molecule has 0 saturated heterocycles. The van der Waals surface area contributed by atoms with Crippen LogP contribution in [0.15, 0.2) is 54.7 Å². The van der Waals surface area contributed by atoms with Gasteiger partial charge in [-0.3, -0.25) is 4.98 Å². The molecule has 1 aliphatic rings. The molecule has 162 valence electrons. The Hall–Kier alpha value is -2.54. The van der Waals surface area contributed by atoms with Crippen molar-refractivity contribution < 1.29 is 9.84 Å². The fraction of sp³-hybridized carbons (Fsp3) is 0.360. The fourth-order valence-corrected chi connectivity index (χ4v) is 4.46. The number of aliphatic hydroxyl groups is 1. The summed E-state index contributed by atoms with van der Waals surface area (Å²) in [6, 6.07) is 16.8. The van der Waals surface area contributed by atoms with E-state index in [1.165, 1.54) is 11.1 Å². The summed E-state index contributed by atoms with van der Waals surface area (Å²) in [5, 5.41) is 15.9. The number of pyridine rings is 1. The number of benzene rings is 2. The molecule has 1 aromatic heterocycles. The second-order valence-corrected chi connectivity index (χ2v) is 8.34. The van der Waals surface area contributed by atoms with Crippen molar-refractivity contribution in [1.82, 2.24) is 9.88 Å². The summed E-state index contributed by atoms with van der Waals surface area (Å²) in [6.07, 6.45) is 4.45. The van der Waals surface area contributed by atoms with E-state index in [2.05, 4.69) is 58.5 Å². The van der Waals surface area contributed by atoms with Gasteiger partial charge in [-0.1, -0.05) is 43.3 Å². The largest absolute Gasteiger partial charge is 0.396 e. The second-order valence-electron chi connectivity index (χ2n) is 7.95. The van der Waals surface area contributed by atoms with Gasteiger partial charge in [0.2, 0.25) is 0 Å². The van der Waals surface area contributed by atoms with Crippen LogP contribution in [0.1, 0.15) is 36.6 Å². The van der Waals surface area contributed by atoms with E-state index in [-0.39, 0.29) is 12.6 Å². The van der Waals surface area contributed by atoms with Gasteiger partial charge in [0, 0.05) is 48.5 Å². The topological polar surface area (TPSA) is 57.6 Å². The van der Waals surface area contributed by atoms with Crippen LogP contribution in [0.5, 0.6) is 0 Å². The van der Waals surface area contributed by atoms with Gasteiger partial charge in [0.05, 0.1) is 12.3 Å². The monoisotopic (exact) mass is 435 g/mol. The molecule has 0 radical (unpaired) electrons. The molecule has 5 nitrogen and oxygen atoms in total. The average Bonchev–Trinajstić information content (AvgIpc) is 2.79. The Labute approximate surface area is 189 Å². The molecule has 1 atom stereocenters. The van der Waals surface area contributed by atoms with Crippen LogP contribution < -0.4 is 5.32 Å². The highest BCUT2D eigenvalue weighted by Gasteiger charge is 2.27. The zero-order chi connectivity index (χ0) is 21.6. The number of anilines is 1. The molecule has 0 aliphatic carbocycles. The number of nitrogens with zero attached hydrogens (tertiary/aromatic N) is 2. The Kier molecular flexibility index (Phi) is 7.12. The molecule has 6 heteroatoms. The molecule has 0 saturated carbocycles. The van der Waals surface area contributed by atoms with Crippen LogP contribution in [0, 0.1) is 0 Å². The highest BCUT2D eigenvalue weighted by molar-refractivity contribution is 7.80. The van der Waals surface area contributed by atoms with E-state index in [0.717, 1.165) is 48.1 Å². The van der Waals surface area contributed by atoms with Gasteiger partial charge in [-0.25, -0.2) is 0 Å². The predicted molar refractivity (Wildman–Crippen MR) is 129 cm³/mol. The minimum atomic E-state index is 0.146. The molecule has 2 aromatic carbocycles. The van der Waals surface area contributed by atoms with E-state index in [4.69, 9.17) is 17.0 Å². The summed E-state index contributed by atoms with van der Waals surface area (Å²) in [6.45, 7) is 4.22. The second kappa shape index (κ2) is 10.2. The number of hydrogen-bond acceptors (Lipinski definition) is 4. The Morgan fingerprint density at radius 2 is 2.06 bits per heavy atom. The summed E-state index contributed by atoms with van der Waals surface area (Å²) >= 11 is 5.85. The molecular weight excluding hydrogens is 406 g/mol. The summed E-state index contributed by atoms with van der Waals surface area (Å²) in [4.78, 5) is 6.73. The average molecular weight is 436 g/mol. The number of nitrogens with one attached hydrogen (secondary N) is 1. The third kappa shape index (κ3) is 5.03. The van der Waals surface area contributed by atoms with E-state index in [1.807, 2.05) is 18.3 Å². The Morgan fingerprint density at radius 1 is 1.23 bits per heavy atom. The Bertz CT molecular complexity index is 1060. The van der Waals surface area contributed by atoms with Gasteiger partial charge in [0.1, 0.15) is 0 Å². The molecule has 0 fully saturated rings. The summed E-state index contributed by atoms with van der Waals surface area (Å²) in [7, 11) is 0. The molecule has 0 bridgehead atoms. The first-order valence-electron chi connectivity index (χ1n) is 10.9. The zero-order valence-electron chi connectivity index (χ0n) is 17.9. The highest BCUT2D eigenvalue weighted by Crippen LogP contribution is 2.28. The van der Waals surface area contributed by atoms with E-state index >= 15 is 0 Å². The molecule has 2 N–H and O–H groups in total. The SMILES string of the molecule is CCCOCc1cc2c(NC(=S)N3Cc4ccccc4C[C@H]3CCO)cccc2cn1. The molecule has 0 amide bonds. The standard InChI is InChI=1S/C25H29N3O2S/c1-2-12-30-17-21-14-23-19(15-26-21)8-5-9-24(23)27-25(31)28-16-20-7-4-3-6-18(20)13-22(28)10-11-29/h3-9,14-15,22,29H,2,10-13,16-17H2,1H3,(H,27,31)/t22-/m1/s1. The van der Waals surface area contributed by atoms with Crippen LogP contribution in [0.25, 0.3) is 10.8 Å². The van der Waals surface area contributed by atoms with Crippen LogP contribution in [0.2, 0.25) is 0 Å². The van der Waals surface area contributed by atoms with Crippen molar-refractivity contribution in [3.8, 4) is 0 Å². The minimum absolute atomic E-state index is 0.146. The third-order valence-corrected chi connectivity index (χ3v) is 6.08. The number of ether oxygens (including phenoxy) is 1. The van der Waals surface area contributed by atoms with Crippen LogP contribution in [0.4, 0.5) is 5.69 Å². The van der Waals surface area contributed by atoms with Crippen molar-refractivity contribution in [3.63, 3.8) is 0 Å². The smallest absolute Gasteiger partial charge is 0.174 e. The van der Waals surface area contributed by atoms with Gasteiger partial charge < -0.3 is 20.1 Å². The van der Waals surface area contributed by atoms with Crippen LogP contribution >= 0.6 is 12.2 Å². The number of rotatable bonds is 7. The lowest BCUT2D eigenvalue weighted by Gasteiger charge is -2.38. The van der Waals surface area contributed by atoms with Crippen molar-refractivity contribution >= 4 is 33.8 Å². The van der Waals surface area contributed by atoms with Crippen molar-refractivity contribution in [2.75, 3.05) is 18.5 Å². The lowest BCUT2D eigenvalue weighted by Crippen LogP contribution is -2.46. The van der Waals surface area contributed by atoms with Gasteiger partial charge in [-0.2, -0.15) is 0 Å². The van der Waals surface area contributed by atoms with E-state index < -0.39 is 0 Å². The molecule has 0 spiro atoms. The van der Waals surface area contributed by atoms with Crippen molar-refractivity contribution in [1.29, 1.82) is 0 Å². The van der Waals surface area contributed by atoms with E-state index in [0.29, 0.717) is 18.1 Å². The molecule has 3 aromatic rings. The van der Waals surface area contributed by atoms with Crippen LogP contribution in [0.3, 0.4) is 0 Å². The minimum Gasteiger partial charge on any atom is -0.396 e. The van der Waals surface area contributed by atoms with Gasteiger partial charge in [0.15, 0.2) is 5.11 Å². The molecule has 4 rings (SSSR count). The molecule has 0 unspecified atom stereocenters. The van der Waals surface area contributed by atoms with E-state index in [9.17, 15) is 5.11 Å². The fourth-order valence-electron chi connectivity index (χ4n) is 4.14. The third-order valence-electron chi connectivity index (χ3n) is 5.74. The first-order chi connectivity index (χ1) is 15.2. The number of aromatic nitrogens is 1. The van der Waals surface area contributed by atoms with Crippen molar-refractivity contribution in [2.24, 2.45) is 0 Å². The molecule has 1 aliphatic heterocycles. The number of fused-ring (bicyclic) bond motifs is 2. The molecule has 31 heavy (non-hydrogen) atoms. The maximum atomic E-state index is 9.61. The number of thiocarbonyl (C=S) groups is 1. The number of aliphatic hydroxyl groups excluding tert-OH is 1. The lowest BCUT2D eigenvalue weighted by atomic mass is 9.93. The lowest BCUT2D eigenvalue weighted by molar-refractivity contribution is 0.119. The van der Waals surface area contributed by atoms with Crippen LogP contribution in [-0.2, 0) is 24.3 Å². The molecule has 2 heterocycles. The first-order valence-corrected chi connectivity index (χ1v) is 11.3. The van der Waals surface area contributed by atoms with Gasteiger partial charge in [-0.15, -0.1) is 0 Å². The normalized spacial score (nSPS) is 15.7. The summed E-state index contributed by atoms with van der Waals surface area (Å²) in [5.74, 6) is 0. The van der Waals surface area contributed by atoms with Crippen molar-refractivity contribution in [2.45, 2.75) is 45.4 Å². The molecular formula is C25H29N3O2S. The van der Waals surface area contributed by atoms with Gasteiger partial charge in [-0.05, 0) is 54.7 Å². The van der Waals surface area contributed by atoms with Gasteiger partial charge >= 0.3 is 0 Å². The Morgan fingerprint density at radius 3 is 2.87 bits per heavy atom. The van der Waals surface area contributed by atoms with Gasteiger partial charge in [0.25, 0.3) is 0 Å². The Balaban J connectivity index is 1.57. The number of hydrogen-bond donors (Lipinski definition) is 2. The summed E-state index contributed by atoms with van der Waals surface area (Å²) in [5.41, 5.74) is 4.50. The summed E-state index contributed by atoms with van der Waals surface area (Å²) < 4.78 is 5.67. The zero-order valence-corrected chi connectivity index (χ0v) is 18.7. The van der Waals surface area contributed by atoms with Crippen molar-refractivity contribution in [3.05, 3.63) is 71.5 Å². The van der Waals surface area contributed by atoms with Crippen LogP contribution in [-0.4, -0.2) is 39.4 Å². The van der Waals surface area contributed by atoms with E-state index in [1.54, 1.807) is 0 Å².